The molecule has 0 spiro atoms. The highest BCUT2D eigenvalue weighted by atomic mass is 32.2. The normalized spacial score (nSPS) is 20.4. The molecule has 0 bridgehead atoms. The fraction of sp³-hybridized carbons (Fsp3) is 0.643. The van der Waals surface area contributed by atoms with Crippen molar-refractivity contribution in [3.05, 3.63) is 18.3 Å². The van der Waals surface area contributed by atoms with Crippen molar-refractivity contribution in [1.29, 1.82) is 0 Å². The van der Waals surface area contributed by atoms with Gasteiger partial charge >= 0.3 is 0 Å². The van der Waals surface area contributed by atoms with Crippen molar-refractivity contribution in [2.75, 3.05) is 38.5 Å². The molecule has 2 rings (SSSR count). The molecule has 1 fully saturated rings. The summed E-state index contributed by atoms with van der Waals surface area (Å²) in [6, 6.07) is 3.16. The molecule has 1 aliphatic heterocycles. The molecule has 0 aliphatic carbocycles. The van der Waals surface area contributed by atoms with Crippen LogP contribution in [0, 0.1) is 0 Å². The molecule has 1 N–H and O–H groups in total. The first-order valence-corrected chi connectivity index (χ1v) is 8.62. The van der Waals surface area contributed by atoms with Crippen LogP contribution in [0.4, 0.5) is 5.82 Å². The van der Waals surface area contributed by atoms with Crippen LogP contribution in [0.3, 0.4) is 0 Å². The second kappa shape index (κ2) is 5.90. The lowest BCUT2D eigenvalue weighted by molar-refractivity contribution is 0.0801. The molecule has 21 heavy (non-hydrogen) atoms. The fourth-order valence-electron chi connectivity index (χ4n) is 2.40. The number of pyridine rings is 1. The van der Waals surface area contributed by atoms with E-state index in [0.717, 1.165) is 6.54 Å². The van der Waals surface area contributed by atoms with Crippen molar-refractivity contribution in [2.24, 2.45) is 0 Å². The van der Waals surface area contributed by atoms with Gasteiger partial charge < -0.3 is 5.32 Å². The second-order valence-corrected chi connectivity index (χ2v) is 7.92. The average molecular weight is 312 g/mol. The first kappa shape index (κ1) is 16.2. The molecule has 1 aliphatic rings. The minimum absolute atomic E-state index is 0.164. The first-order chi connectivity index (χ1) is 9.77. The number of hydrogen-bond donors (Lipinski definition) is 1. The van der Waals surface area contributed by atoms with E-state index in [2.05, 4.69) is 29.0 Å². The maximum absolute atomic E-state index is 12.8. The molecule has 0 saturated carbocycles. The SMILES string of the molecule is CCNc1cc(S(=O)(=O)N2CCN(C)C(C)(C)C2)ccn1. The van der Waals surface area contributed by atoms with Gasteiger partial charge in [0.2, 0.25) is 10.0 Å². The third-order valence-electron chi connectivity index (χ3n) is 4.01. The van der Waals surface area contributed by atoms with Gasteiger partial charge in [-0.05, 0) is 33.9 Å². The molecule has 2 heterocycles. The topological polar surface area (TPSA) is 65.5 Å². The van der Waals surface area contributed by atoms with Gasteiger partial charge in [0.1, 0.15) is 5.82 Å². The highest BCUT2D eigenvalue weighted by Crippen LogP contribution is 2.25. The van der Waals surface area contributed by atoms with Gasteiger partial charge in [0.05, 0.1) is 4.90 Å². The maximum atomic E-state index is 12.8. The molecule has 0 unspecified atom stereocenters. The molecule has 0 amide bonds. The zero-order valence-corrected chi connectivity index (χ0v) is 13.9. The molecule has 118 valence electrons. The van der Waals surface area contributed by atoms with Crippen LogP contribution in [-0.2, 0) is 10.0 Å². The van der Waals surface area contributed by atoms with E-state index in [1.165, 1.54) is 6.20 Å². The minimum Gasteiger partial charge on any atom is -0.370 e. The summed E-state index contributed by atoms with van der Waals surface area (Å²) >= 11 is 0. The highest BCUT2D eigenvalue weighted by Gasteiger charge is 2.37. The summed E-state index contributed by atoms with van der Waals surface area (Å²) in [6.07, 6.45) is 1.53. The van der Waals surface area contributed by atoms with Gasteiger partial charge in [-0.1, -0.05) is 0 Å². The highest BCUT2D eigenvalue weighted by molar-refractivity contribution is 7.89. The third kappa shape index (κ3) is 3.36. The zero-order valence-electron chi connectivity index (χ0n) is 13.1. The quantitative estimate of drug-likeness (QED) is 0.906. The Balaban J connectivity index is 2.28. The fourth-order valence-corrected chi connectivity index (χ4v) is 4.00. The van der Waals surface area contributed by atoms with Crippen molar-refractivity contribution in [3.63, 3.8) is 0 Å². The number of likely N-dealkylation sites (N-methyl/N-ethyl adjacent to an activating group) is 1. The van der Waals surface area contributed by atoms with Crippen LogP contribution in [0.2, 0.25) is 0 Å². The van der Waals surface area contributed by atoms with Crippen LogP contribution >= 0.6 is 0 Å². The van der Waals surface area contributed by atoms with Crippen molar-refractivity contribution in [3.8, 4) is 0 Å². The van der Waals surface area contributed by atoms with E-state index in [0.29, 0.717) is 30.3 Å². The Morgan fingerprint density at radius 2 is 2.10 bits per heavy atom. The monoisotopic (exact) mass is 312 g/mol. The largest absolute Gasteiger partial charge is 0.370 e. The number of piperazine rings is 1. The number of rotatable bonds is 4. The van der Waals surface area contributed by atoms with Crippen LogP contribution in [0.1, 0.15) is 20.8 Å². The molecule has 0 radical (unpaired) electrons. The molecular formula is C14H24N4O2S. The number of nitrogens with zero attached hydrogens (tertiary/aromatic N) is 3. The smallest absolute Gasteiger partial charge is 0.243 e. The van der Waals surface area contributed by atoms with Crippen molar-refractivity contribution in [2.45, 2.75) is 31.2 Å². The van der Waals surface area contributed by atoms with Gasteiger partial charge in [-0.2, -0.15) is 4.31 Å². The van der Waals surface area contributed by atoms with Crippen LogP contribution in [0.5, 0.6) is 0 Å². The maximum Gasteiger partial charge on any atom is 0.243 e. The van der Waals surface area contributed by atoms with Crippen LogP contribution < -0.4 is 5.32 Å². The van der Waals surface area contributed by atoms with Gasteiger partial charge in [0.25, 0.3) is 0 Å². The Bertz CT molecular complexity index is 601. The van der Waals surface area contributed by atoms with Gasteiger partial charge in [-0.25, -0.2) is 13.4 Å². The molecule has 1 aromatic heterocycles. The van der Waals surface area contributed by atoms with Gasteiger partial charge in [0, 0.05) is 44.0 Å². The van der Waals surface area contributed by atoms with Crippen molar-refractivity contribution < 1.29 is 8.42 Å². The van der Waals surface area contributed by atoms with Crippen LogP contribution in [-0.4, -0.2) is 61.4 Å². The summed E-state index contributed by atoms with van der Waals surface area (Å²) in [5.74, 6) is 0.590. The summed E-state index contributed by atoms with van der Waals surface area (Å²) in [4.78, 5) is 6.62. The number of anilines is 1. The minimum atomic E-state index is -3.47. The van der Waals surface area contributed by atoms with Crippen LogP contribution in [0.15, 0.2) is 23.2 Å². The zero-order chi connectivity index (χ0) is 15.7. The molecular weight excluding hydrogens is 288 g/mol. The molecule has 1 aromatic rings. The first-order valence-electron chi connectivity index (χ1n) is 7.18. The number of hydrogen-bond acceptors (Lipinski definition) is 5. The van der Waals surface area contributed by atoms with Crippen molar-refractivity contribution in [1.82, 2.24) is 14.2 Å². The molecule has 0 atom stereocenters. The summed E-state index contributed by atoms with van der Waals surface area (Å²) in [5.41, 5.74) is -0.164. The standard InChI is InChI=1S/C14H24N4O2S/c1-5-15-13-10-12(6-7-16-13)21(19,20)18-9-8-17(4)14(2,3)11-18/h6-7,10H,5,8-9,11H2,1-4H3,(H,15,16). The van der Waals surface area contributed by atoms with E-state index in [9.17, 15) is 8.42 Å². The summed E-state index contributed by atoms with van der Waals surface area (Å²) in [5, 5.41) is 3.04. The average Bonchev–Trinajstić information content (AvgIpc) is 2.42. The van der Waals surface area contributed by atoms with Crippen LogP contribution in [0.25, 0.3) is 0 Å². The van der Waals surface area contributed by atoms with Crippen molar-refractivity contribution >= 4 is 15.8 Å². The van der Waals surface area contributed by atoms with E-state index in [-0.39, 0.29) is 5.54 Å². The lowest BCUT2D eigenvalue weighted by Gasteiger charge is -2.44. The summed E-state index contributed by atoms with van der Waals surface area (Å²) in [7, 11) is -1.44. The van der Waals surface area contributed by atoms with E-state index >= 15 is 0 Å². The lowest BCUT2D eigenvalue weighted by Crippen LogP contribution is -2.58. The Labute approximate surface area is 127 Å². The summed E-state index contributed by atoms with van der Waals surface area (Å²) in [6.45, 7) is 8.52. The van der Waals surface area contributed by atoms with E-state index in [4.69, 9.17) is 0 Å². The Hall–Kier alpha value is -1.18. The Kier molecular flexibility index (Phi) is 4.55. The predicted octanol–water partition coefficient (Wildman–Crippen LogP) is 1.23. The number of aromatic nitrogens is 1. The van der Waals surface area contributed by atoms with Gasteiger partial charge in [-0.15, -0.1) is 0 Å². The second-order valence-electron chi connectivity index (χ2n) is 5.98. The van der Waals surface area contributed by atoms with E-state index in [1.54, 1.807) is 16.4 Å². The van der Waals surface area contributed by atoms with Gasteiger partial charge in [-0.3, -0.25) is 4.90 Å². The Morgan fingerprint density at radius 3 is 2.71 bits per heavy atom. The summed E-state index contributed by atoms with van der Waals surface area (Å²) < 4.78 is 27.1. The predicted molar refractivity (Wildman–Crippen MR) is 83.9 cm³/mol. The Morgan fingerprint density at radius 1 is 1.38 bits per heavy atom. The van der Waals surface area contributed by atoms with E-state index < -0.39 is 10.0 Å². The lowest BCUT2D eigenvalue weighted by atomic mass is 10.0. The third-order valence-corrected chi connectivity index (χ3v) is 5.85. The van der Waals surface area contributed by atoms with Gasteiger partial charge in [0.15, 0.2) is 0 Å². The molecule has 7 heteroatoms. The molecule has 0 aromatic carbocycles. The van der Waals surface area contributed by atoms with E-state index in [1.807, 2.05) is 14.0 Å². The molecule has 1 saturated heterocycles. The molecule has 6 nitrogen and oxygen atoms in total. The number of sulfonamides is 1. The number of nitrogens with one attached hydrogen (secondary N) is 1.